The zero-order valence-electron chi connectivity index (χ0n) is 57.3. The predicted molar refractivity (Wildman–Crippen MR) is 397 cm³/mol. The number of aliphatic hydroxyl groups is 3. The van der Waals surface area contributed by atoms with Gasteiger partial charge in [0.15, 0.2) is 22.6 Å². The molecule has 16 rings (SSSR count). The maximum absolute atomic E-state index is 11.6. The fraction of sp³-hybridized carbons (Fsp3) is 0.391. The number of aliphatic hydroxyl groups excluding tert-OH is 3. The van der Waals surface area contributed by atoms with Crippen molar-refractivity contribution in [2.45, 2.75) is 107 Å². The van der Waals surface area contributed by atoms with Crippen molar-refractivity contribution in [1.29, 1.82) is 0 Å². The fourth-order valence-electron chi connectivity index (χ4n) is 9.64. The van der Waals surface area contributed by atoms with Gasteiger partial charge in [-0.2, -0.15) is 5.10 Å². The molecule has 0 aromatic carbocycles. The number of nitrogens with zero attached hydrogens (tertiary/aromatic N) is 20. The van der Waals surface area contributed by atoms with E-state index in [0.717, 1.165) is 43.4 Å². The third kappa shape index (κ3) is 22.0. The summed E-state index contributed by atoms with van der Waals surface area (Å²) in [6.07, 6.45) is 23.4. The highest BCUT2D eigenvalue weighted by Gasteiger charge is 2.29. The van der Waals surface area contributed by atoms with Crippen LogP contribution in [0, 0.1) is 26.6 Å². The van der Waals surface area contributed by atoms with Crippen LogP contribution in [0.1, 0.15) is 101 Å². The lowest BCUT2D eigenvalue weighted by atomic mass is 9.93. The van der Waals surface area contributed by atoms with Crippen LogP contribution in [0.2, 0.25) is 15.2 Å². The molecule has 107 heavy (non-hydrogen) atoms. The van der Waals surface area contributed by atoms with Gasteiger partial charge in [0.25, 0.3) is 17.1 Å². The largest absolute Gasteiger partial charge is 0.599 e. The molecule has 4 aliphatic carbocycles. The number of halogens is 4. The minimum absolute atomic E-state index is 0.0641. The summed E-state index contributed by atoms with van der Waals surface area (Å²) < 4.78 is 36.5. The smallest absolute Gasteiger partial charge is 0.483 e. The molecule has 564 valence electrons. The number of H-pyrrole nitrogens is 3. The SMILES string of the molecule is BrC1CCC1.Clc1ccnc(Cl)c1.NC=O.Nc1ncnc2[nH]nc(OCCO)c12.Nc1ncnc2c1c(=O)[nH]n2C1CCC1.Nc1ncnc2c1c(OCCO)nn2C1CCC1.Nc1ncnc2c1c(Oc1cc(Cl)ccn1)nn2C1CCC1.[C-]#[N+]C([N+]#[C-])=C1OCCO1.[C-]#[N+]c1c(OCCO)n[nH]c1C. The quantitative estimate of drug-likeness (QED) is 0.0211. The molecule has 39 nitrogen and oxygen atoms in total. The molecule has 16 N–H and O–H groups in total. The number of rotatable bonds is 14. The van der Waals surface area contributed by atoms with E-state index >= 15 is 0 Å². The second-order valence-electron chi connectivity index (χ2n) is 22.7. The number of pyridine rings is 2. The van der Waals surface area contributed by atoms with E-state index in [1.165, 1.54) is 63.8 Å². The number of hydrogen-bond donors (Lipinski definition) is 11. The number of carbonyl (C=O) groups is 1. The van der Waals surface area contributed by atoms with Crippen molar-refractivity contribution in [1.82, 2.24) is 99.6 Å². The van der Waals surface area contributed by atoms with Crippen LogP contribution < -0.4 is 53.2 Å². The summed E-state index contributed by atoms with van der Waals surface area (Å²) in [5.74, 6) is 2.89. The molecule has 1 aliphatic heterocycles. The highest BCUT2D eigenvalue weighted by molar-refractivity contribution is 9.09. The Bertz CT molecular complexity index is 4900. The summed E-state index contributed by atoms with van der Waals surface area (Å²) in [4.78, 5) is 70.2. The number of anilines is 4. The van der Waals surface area contributed by atoms with Crippen LogP contribution in [0.4, 0.5) is 29.0 Å². The van der Waals surface area contributed by atoms with E-state index < -0.39 is 0 Å². The van der Waals surface area contributed by atoms with E-state index in [1.807, 2.05) is 14.0 Å². The van der Waals surface area contributed by atoms with E-state index in [2.05, 4.69) is 122 Å². The van der Waals surface area contributed by atoms with E-state index in [9.17, 15) is 4.79 Å². The molecular weight excluding hydrogens is 1520 g/mol. The first-order valence-electron chi connectivity index (χ1n) is 32.8. The number of nitrogen functional groups attached to an aromatic ring is 4. The van der Waals surface area contributed by atoms with Gasteiger partial charge < -0.3 is 72.4 Å². The summed E-state index contributed by atoms with van der Waals surface area (Å²) in [6, 6.07) is 7.63. The second kappa shape index (κ2) is 41.2. The van der Waals surface area contributed by atoms with E-state index in [1.54, 1.807) is 43.6 Å². The summed E-state index contributed by atoms with van der Waals surface area (Å²) in [5, 5.41) is 54.2. The van der Waals surface area contributed by atoms with Gasteiger partial charge in [-0.25, -0.2) is 64.0 Å². The number of ether oxygens (including phenoxy) is 6. The third-order valence-electron chi connectivity index (χ3n) is 15.7. The lowest BCUT2D eigenvalue weighted by Crippen LogP contribution is -2.19. The van der Waals surface area contributed by atoms with Crippen molar-refractivity contribution < 1.29 is 48.5 Å². The molecule has 0 radical (unpaired) electrons. The Morgan fingerprint density at radius 3 is 1.54 bits per heavy atom. The Kier molecular flexibility index (Phi) is 31.2. The number of nitrogens with two attached hydrogens (primary N) is 5. The van der Waals surface area contributed by atoms with Crippen molar-refractivity contribution in [2.24, 2.45) is 5.73 Å². The minimum Gasteiger partial charge on any atom is -0.483 e. The molecule has 1 amide bonds. The molecule has 5 fully saturated rings. The van der Waals surface area contributed by atoms with Crippen molar-refractivity contribution in [2.75, 3.05) is 75.8 Å². The van der Waals surface area contributed by atoms with Crippen molar-refractivity contribution >= 4 is 130 Å². The molecular formula is C64H74BrCl3N28O11. The average molecular weight is 1600 g/mol. The van der Waals surface area contributed by atoms with E-state index in [0.29, 0.717) is 143 Å². The first-order chi connectivity index (χ1) is 51.9. The monoisotopic (exact) mass is 1590 g/mol. The van der Waals surface area contributed by atoms with Crippen LogP contribution in [0.3, 0.4) is 0 Å². The number of fused-ring (bicyclic) bond motifs is 4. The number of primary amides is 1. The standard InChI is InChI=1S/C14H13ClN6O.C11H15N5O2.C9H11N5O.C7H9N5O2.C7H9N3O2.C6H4N2O2.C5H3Cl2N.C4H7Br.CH3NO/c15-8-4-5-17-10(6-8)22-14-11-12(16)18-7-19-13(11)21(20-14)9-2-1-3-9;12-9-8-10(14-6-13-9)16(7-2-1-3-7)15-11(8)18-5-4-17;10-7-6-8(12-4-11-7)14(13-9(6)15)5-2-1-3-5;8-5-4-6(10-3-9-5)11-12-7(4)14-2-1-13;1-5-6(8-2)7(10-9-5)12-4-3-11;1-7-5(8-2)6-9-3-4-10-6;6-4-1-2-8-5(7)3-4;5-4-2-1-3-4;2-1-3/h4-7,9H,1-3H2,(H2,16,18,19);6-7,17H,1-5H2,(H2,12,13,14);4-5H,1-3H2,(H,13,15)(H2,10,11,12);3,13H,1-2H2,(H3,8,9,10,11,12);11H,3-4H2,1H3,(H,9,10);3-4H2;1-3H;4H,1-3H2;1H,(H2,2,3). The molecule has 1 saturated heterocycles. The molecule has 4 saturated carbocycles. The minimum atomic E-state index is -0.199. The molecule has 11 aromatic heterocycles. The molecule has 12 heterocycles. The van der Waals surface area contributed by atoms with Crippen LogP contribution in [-0.4, -0.2) is 179 Å². The Hall–Kier alpha value is -11.6. The van der Waals surface area contributed by atoms with E-state index in [4.69, 9.17) is 126 Å². The van der Waals surface area contributed by atoms with Crippen LogP contribution in [-0.2, 0) is 14.3 Å². The van der Waals surface area contributed by atoms with E-state index in [-0.39, 0.29) is 75.1 Å². The van der Waals surface area contributed by atoms with Gasteiger partial charge in [-0.05, 0) is 95.8 Å². The van der Waals surface area contributed by atoms with Gasteiger partial charge in [-0.1, -0.05) is 57.2 Å². The van der Waals surface area contributed by atoms with Gasteiger partial charge >= 0.3 is 11.8 Å². The molecule has 5 aliphatic rings. The molecule has 0 unspecified atom stereocenters. The zero-order chi connectivity index (χ0) is 76.8. The second-order valence-corrected chi connectivity index (χ2v) is 25.2. The number of alkyl halides is 1. The topological polar surface area (TPSA) is 536 Å². The summed E-state index contributed by atoms with van der Waals surface area (Å²) >= 11 is 20.4. The lowest BCUT2D eigenvalue weighted by molar-refractivity contribution is -0.106. The Labute approximate surface area is 632 Å². The molecule has 0 spiro atoms. The molecule has 43 heteroatoms. The van der Waals surface area contributed by atoms with Crippen LogP contribution >= 0.6 is 50.7 Å². The van der Waals surface area contributed by atoms with Gasteiger partial charge in [-0.3, -0.25) is 29.6 Å². The Balaban J connectivity index is 0.000000157. The first-order valence-corrected chi connectivity index (χ1v) is 34.8. The third-order valence-corrected chi connectivity index (χ3v) is 17.3. The number of aromatic amines is 3. The predicted octanol–water partition coefficient (Wildman–Crippen LogP) is 8.27. The number of amides is 1. The van der Waals surface area contributed by atoms with Crippen molar-refractivity contribution in [3.05, 3.63) is 139 Å². The van der Waals surface area contributed by atoms with Gasteiger partial charge in [0, 0.05) is 39.0 Å². The fourth-order valence-corrected chi connectivity index (χ4v) is 10.8. The van der Waals surface area contributed by atoms with Crippen molar-refractivity contribution in [3.8, 4) is 29.4 Å². The lowest BCUT2D eigenvalue weighted by Gasteiger charge is -2.26. The summed E-state index contributed by atoms with van der Waals surface area (Å²) in [7, 11) is 0. The molecule has 0 atom stereocenters. The number of nitrogens with one attached hydrogen (secondary N) is 3. The van der Waals surface area contributed by atoms with Crippen LogP contribution in [0.5, 0.6) is 29.4 Å². The molecule has 11 aromatic rings. The van der Waals surface area contributed by atoms with Crippen LogP contribution in [0.15, 0.2) is 78.5 Å². The normalized spacial score (nSPS) is 13.9. The van der Waals surface area contributed by atoms with Gasteiger partial charge in [0.05, 0.1) is 44.5 Å². The van der Waals surface area contributed by atoms with Gasteiger partial charge in [0.2, 0.25) is 29.9 Å². The Morgan fingerprint density at radius 1 is 0.617 bits per heavy atom. The first kappa shape index (κ1) is 81.1. The van der Waals surface area contributed by atoms with Crippen molar-refractivity contribution in [3.63, 3.8) is 0 Å². The number of carbonyl (C=O) groups excluding carboxylic acids is 1. The zero-order valence-corrected chi connectivity index (χ0v) is 61.1. The maximum atomic E-state index is 11.6. The Morgan fingerprint density at radius 2 is 1.07 bits per heavy atom. The number of hydrogen-bond acceptors (Lipinski definition) is 29. The van der Waals surface area contributed by atoms with Crippen LogP contribution in [0.25, 0.3) is 58.7 Å². The van der Waals surface area contributed by atoms with Gasteiger partial charge in [0.1, 0.15) is 121 Å². The van der Waals surface area contributed by atoms with Gasteiger partial charge in [-0.15, -0.1) is 25.0 Å². The average Bonchev–Trinajstić information content (AvgIpc) is 1.63. The summed E-state index contributed by atoms with van der Waals surface area (Å²) in [5.41, 5.74) is 30.7. The number of aromatic nitrogens is 20. The highest BCUT2D eigenvalue weighted by atomic mass is 79.9. The molecule has 0 bridgehead atoms. The maximum Gasteiger partial charge on any atom is 0.599 e. The number of aryl methyl sites for hydroxylation is 1. The highest BCUT2D eigenvalue weighted by Crippen LogP contribution is 2.40. The summed E-state index contributed by atoms with van der Waals surface area (Å²) in [6.45, 7) is 22.7.